The van der Waals surface area contributed by atoms with Crippen LogP contribution in [-0.2, 0) is 0 Å². The zero-order valence-corrected chi connectivity index (χ0v) is 12.5. The van der Waals surface area contributed by atoms with Gasteiger partial charge in [-0.05, 0) is 39.9 Å². The molecule has 0 radical (unpaired) electrons. The maximum Gasteiger partial charge on any atom is 0.270 e. The Labute approximate surface area is 116 Å². The maximum atomic E-state index is 12.0. The number of pyridine rings is 1. The second-order valence-corrected chi connectivity index (χ2v) is 6.18. The van der Waals surface area contributed by atoms with Crippen LogP contribution in [0.1, 0.15) is 37.7 Å². The Morgan fingerprint density at radius 3 is 2.61 bits per heavy atom. The average Bonchev–Trinajstić information content (AvgIpc) is 2.28. The molecular weight excluding hydrogens is 296 g/mol. The Kier molecular flexibility index (Phi) is 5.28. The summed E-state index contributed by atoms with van der Waals surface area (Å²) in [4.78, 5) is 16.1. The van der Waals surface area contributed by atoms with Crippen LogP contribution in [0, 0.1) is 5.41 Å². The summed E-state index contributed by atoms with van der Waals surface area (Å²) < 4.78 is 0.835. The van der Waals surface area contributed by atoms with Gasteiger partial charge in [0.1, 0.15) is 5.69 Å². The van der Waals surface area contributed by atoms with E-state index in [0.29, 0.717) is 12.1 Å². The van der Waals surface area contributed by atoms with Crippen molar-refractivity contribution in [1.82, 2.24) is 10.3 Å². The van der Waals surface area contributed by atoms with Crippen molar-refractivity contribution < 1.29 is 9.90 Å². The van der Waals surface area contributed by atoms with E-state index in [1.165, 1.54) is 0 Å². The number of amides is 1. The van der Waals surface area contributed by atoms with E-state index in [-0.39, 0.29) is 24.0 Å². The predicted octanol–water partition coefficient (Wildman–Crippen LogP) is 2.37. The molecule has 4 nitrogen and oxygen atoms in total. The van der Waals surface area contributed by atoms with Gasteiger partial charge in [-0.15, -0.1) is 0 Å². The van der Waals surface area contributed by atoms with Gasteiger partial charge in [-0.1, -0.05) is 20.8 Å². The van der Waals surface area contributed by atoms with Gasteiger partial charge in [0.05, 0.1) is 0 Å². The van der Waals surface area contributed by atoms with Gasteiger partial charge in [0.15, 0.2) is 0 Å². The monoisotopic (exact) mass is 314 g/mol. The SMILES string of the molecule is CC(C)(C)[C@H](CCO)NC(=O)c1ccc(Br)cn1. The fraction of sp³-hybridized carbons (Fsp3) is 0.538. The zero-order valence-electron chi connectivity index (χ0n) is 10.9. The van der Waals surface area contributed by atoms with Crippen LogP contribution in [0.2, 0.25) is 0 Å². The highest BCUT2D eigenvalue weighted by molar-refractivity contribution is 9.10. The van der Waals surface area contributed by atoms with Gasteiger partial charge < -0.3 is 10.4 Å². The molecule has 1 rings (SSSR count). The Bertz CT molecular complexity index is 398. The molecule has 18 heavy (non-hydrogen) atoms. The predicted molar refractivity (Wildman–Crippen MR) is 74.3 cm³/mol. The van der Waals surface area contributed by atoms with E-state index in [1.807, 2.05) is 20.8 Å². The highest BCUT2D eigenvalue weighted by Gasteiger charge is 2.26. The number of aliphatic hydroxyl groups excluding tert-OH is 1. The summed E-state index contributed by atoms with van der Waals surface area (Å²) in [6, 6.07) is 3.36. The van der Waals surface area contributed by atoms with E-state index >= 15 is 0 Å². The highest BCUT2D eigenvalue weighted by atomic mass is 79.9. The number of hydrogen-bond donors (Lipinski definition) is 2. The Morgan fingerprint density at radius 2 is 2.17 bits per heavy atom. The van der Waals surface area contributed by atoms with Crippen molar-refractivity contribution in [3.8, 4) is 0 Å². The van der Waals surface area contributed by atoms with Gasteiger partial charge in [-0.2, -0.15) is 0 Å². The molecule has 0 spiro atoms. The van der Waals surface area contributed by atoms with E-state index in [4.69, 9.17) is 5.11 Å². The van der Waals surface area contributed by atoms with Crippen molar-refractivity contribution in [1.29, 1.82) is 0 Å². The summed E-state index contributed by atoms with van der Waals surface area (Å²) in [6.45, 7) is 6.14. The van der Waals surface area contributed by atoms with Crippen molar-refractivity contribution in [3.63, 3.8) is 0 Å². The Morgan fingerprint density at radius 1 is 1.50 bits per heavy atom. The standard InChI is InChI=1S/C13H19BrN2O2/c1-13(2,3)11(6-7-17)16-12(18)10-5-4-9(14)8-15-10/h4-5,8,11,17H,6-7H2,1-3H3,(H,16,18)/t11-/m0/s1. The first kappa shape index (κ1) is 15.1. The molecule has 0 saturated heterocycles. The van der Waals surface area contributed by atoms with Crippen molar-refractivity contribution in [2.45, 2.75) is 33.2 Å². The van der Waals surface area contributed by atoms with Gasteiger partial charge in [0.25, 0.3) is 5.91 Å². The molecule has 0 fully saturated rings. The van der Waals surface area contributed by atoms with E-state index in [2.05, 4.69) is 26.2 Å². The average molecular weight is 315 g/mol. The minimum absolute atomic E-state index is 0.0516. The number of rotatable bonds is 4. The smallest absolute Gasteiger partial charge is 0.270 e. The highest BCUT2D eigenvalue weighted by Crippen LogP contribution is 2.22. The van der Waals surface area contributed by atoms with Gasteiger partial charge >= 0.3 is 0 Å². The quantitative estimate of drug-likeness (QED) is 0.897. The number of carbonyl (C=O) groups is 1. The molecule has 1 heterocycles. The number of nitrogens with one attached hydrogen (secondary N) is 1. The number of carbonyl (C=O) groups excluding carboxylic acids is 1. The molecule has 0 saturated carbocycles. The second kappa shape index (κ2) is 6.29. The van der Waals surface area contributed by atoms with E-state index in [1.54, 1.807) is 18.3 Å². The van der Waals surface area contributed by atoms with Gasteiger partial charge in [-0.3, -0.25) is 4.79 Å². The summed E-state index contributed by atoms with van der Waals surface area (Å²) >= 11 is 3.27. The summed E-state index contributed by atoms with van der Waals surface area (Å²) in [6.07, 6.45) is 2.12. The van der Waals surface area contributed by atoms with Crippen LogP contribution < -0.4 is 5.32 Å². The van der Waals surface area contributed by atoms with Crippen LogP contribution in [0.3, 0.4) is 0 Å². The Balaban J connectivity index is 2.75. The third kappa shape index (κ3) is 4.38. The molecular formula is C13H19BrN2O2. The van der Waals surface area contributed by atoms with Gasteiger partial charge in [-0.25, -0.2) is 4.98 Å². The molecule has 0 bridgehead atoms. The molecule has 0 aliphatic heterocycles. The van der Waals surface area contributed by atoms with Crippen LogP contribution in [-0.4, -0.2) is 28.6 Å². The van der Waals surface area contributed by atoms with Crippen LogP contribution in [0.15, 0.2) is 22.8 Å². The van der Waals surface area contributed by atoms with E-state index in [0.717, 1.165) is 4.47 Å². The third-order valence-corrected chi connectivity index (χ3v) is 3.20. The third-order valence-electron chi connectivity index (χ3n) is 2.73. The van der Waals surface area contributed by atoms with Crippen LogP contribution in [0.4, 0.5) is 0 Å². The second-order valence-electron chi connectivity index (χ2n) is 5.27. The number of aliphatic hydroxyl groups is 1. The minimum Gasteiger partial charge on any atom is -0.396 e. The lowest BCUT2D eigenvalue weighted by atomic mass is 9.85. The Hall–Kier alpha value is -0.940. The van der Waals surface area contributed by atoms with Crippen molar-refractivity contribution >= 4 is 21.8 Å². The van der Waals surface area contributed by atoms with E-state index in [9.17, 15) is 4.79 Å². The first-order chi connectivity index (χ1) is 8.34. The number of aromatic nitrogens is 1. The van der Waals surface area contributed by atoms with Crippen LogP contribution in [0.5, 0.6) is 0 Å². The zero-order chi connectivity index (χ0) is 13.8. The molecule has 1 aromatic heterocycles. The maximum absolute atomic E-state index is 12.0. The van der Waals surface area contributed by atoms with Gasteiger partial charge in [0, 0.05) is 23.3 Å². The van der Waals surface area contributed by atoms with Crippen molar-refractivity contribution in [2.75, 3.05) is 6.61 Å². The van der Waals surface area contributed by atoms with Crippen molar-refractivity contribution in [3.05, 3.63) is 28.5 Å². The summed E-state index contributed by atoms with van der Waals surface area (Å²) in [5.74, 6) is -0.212. The number of hydrogen-bond acceptors (Lipinski definition) is 3. The van der Waals surface area contributed by atoms with Gasteiger partial charge in [0.2, 0.25) is 0 Å². The lowest BCUT2D eigenvalue weighted by Crippen LogP contribution is -2.44. The lowest BCUT2D eigenvalue weighted by molar-refractivity contribution is 0.0880. The molecule has 5 heteroatoms. The first-order valence-corrected chi connectivity index (χ1v) is 6.67. The van der Waals surface area contributed by atoms with Crippen molar-refractivity contribution in [2.24, 2.45) is 5.41 Å². The fourth-order valence-electron chi connectivity index (χ4n) is 1.59. The number of nitrogens with zero attached hydrogens (tertiary/aromatic N) is 1. The summed E-state index contributed by atoms with van der Waals surface area (Å²) in [5.41, 5.74) is 0.277. The molecule has 0 aliphatic rings. The van der Waals surface area contributed by atoms with Crippen LogP contribution >= 0.6 is 15.9 Å². The first-order valence-electron chi connectivity index (χ1n) is 5.88. The molecule has 2 N–H and O–H groups in total. The molecule has 0 aromatic carbocycles. The molecule has 0 aliphatic carbocycles. The van der Waals surface area contributed by atoms with E-state index < -0.39 is 0 Å². The largest absolute Gasteiger partial charge is 0.396 e. The molecule has 1 atom stereocenters. The minimum atomic E-state index is -0.212. The number of halogens is 1. The summed E-state index contributed by atoms with van der Waals surface area (Å²) in [7, 11) is 0. The normalized spacial score (nSPS) is 13.2. The van der Waals surface area contributed by atoms with Crippen LogP contribution in [0.25, 0.3) is 0 Å². The molecule has 1 aromatic rings. The summed E-state index contributed by atoms with van der Waals surface area (Å²) in [5, 5.41) is 12.0. The fourth-order valence-corrected chi connectivity index (χ4v) is 1.83. The topological polar surface area (TPSA) is 62.2 Å². The lowest BCUT2D eigenvalue weighted by Gasteiger charge is -2.31. The molecule has 0 unspecified atom stereocenters. The molecule has 1 amide bonds. The molecule has 100 valence electrons.